The lowest BCUT2D eigenvalue weighted by Crippen LogP contribution is -2.45. The second-order valence-electron chi connectivity index (χ2n) is 3.91. The molecule has 0 spiro atoms. The molecule has 2 aromatic rings. The van der Waals surface area contributed by atoms with Gasteiger partial charge in [0.1, 0.15) is 5.41 Å². The minimum Gasteiger partial charge on any atom is -0.408 e. The molecule has 1 aromatic heterocycles. The molecular weight excluding hydrogens is 208 g/mol. The Morgan fingerprint density at radius 3 is 2.88 bits per heavy atom. The second kappa shape index (κ2) is 2.97. The van der Waals surface area contributed by atoms with Gasteiger partial charge in [0.15, 0.2) is 5.58 Å². The van der Waals surface area contributed by atoms with E-state index in [0.717, 1.165) is 5.56 Å². The van der Waals surface area contributed by atoms with Crippen molar-refractivity contribution in [1.29, 1.82) is 5.26 Å². The number of H-pyrrole nitrogens is 1. The summed E-state index contributed by atoms with van der Waals surface area (Å²) in [4.78, 5) is 13.6. The number of hydrogen-bond acceptors (Lipinski definition) is 4. The van der Waals surface area contributed by atoms with Crippen LogP contribution in [-0.2, 0) is 10.2 Å². The first-order valence-corrected chi connectivity index (χ1v) is 4.86. The molecule has 1 fully saturated rings. The third-order valence-corrected chi connectivity index (χ3v) is 2.88. The van der Waals surface area contributed by atoms with E-state index in [9.17, 15) is 4.79 Å². The van der Waals surface area contributed by atoms with E-state index < -0.39 is 11.2 Å². The van der Waals surface area contributed by atoms with Crippen molar-refractivity contribution in [3.63, 3.8) is 0 Å². The largest absolute Gasteiger partial charge is 0.417 e. The van der Waals surface area contributed by atoms with Gasteiger partial charge < -0.3 is 9.15 Å². The van der Waals surface area contributed by atoms with Crippen LogP contribution in [0.25, 0.3) is 11.1 Å². The number of oxazole rings is 1. The highest BCUT2D eigenvalue weighted by Gasteiger charge is 2.41. The normalized spacial score (nSPS) is 17.9. The molecule has 0 atom stereocenters. The van der Waals surface area contributed by atoms with Crippen LogP contribution < -0.4 is 5.76 Å². The Labute approximate surface area is 90.2 Å². The number of hydrogen-bond donors (Lipinski definition) is 1. The number of aromatic amines is 1. The zero-order valence-electron chi connectivity index (χ0n) is 8.32. The molecule has 5 nitrogen and oxygen atoms in total. The topological polar surface area (TPSA) is 79.0 Å². The third kappa shape index (κ3) is 1.11. The Kier molecular flexibility index (Phi) is 1.70. The fourth-order valence-electron chi connectivity index (χ4n) is 1.85. The highest BCUT2D eigenvalue weighted by molar-refractivity contribution is 5.73. The highest BCUT2D eigenvalue weighted by atomic mass is 16.5. The van der Waals surface area contributed by atoms with Crippen molar-refractivity contribution in [1.82, 2.24) is 4.98 Å². The standard InChI is InChI=1S/C11H8N2O3/c12-4-11(5-15-6-11)7-1-2-9-8(3-7)13-10(14)16-9/h1-3H,5-6H2,(H,13,14). The van der Waals surface area contributed by atoms with Crippen molar-refractivity contribution in [3.05, 3.63) is 34.3 Å². The minimum atomic E-state index is -0.567. The van der Waals surface area contributed by atoms with Crippen LogP contribution in [0.2, 0.25) is 0 Å². The summed E-state index contributed by atoms with van der Waals surface area (Å²) in [6, 6.07) is 7.52. The molecule has 16 heavy (non-hydrogen) atoms. The molecule has 2 heterocycles. The first kappa shape index (κ1) is 9.19. The lowest BCUT2D eigenvalue weighted by molar-refractivity contribution is -0.0297. The molecule has 0 amide bonds. The number of rotatable bonds is 1. The number of nitriles is 1. The number of nitrogens with one attached hydrogen (secondary N) is 1. The molecule has 80 valence electrons. The van der Waals surface area contributed by atoms with Crippen molar-refractivity contribution in [2.45, 2.75) is 5.41 Å². The van der Waals surface area contributed by atoms with Crippen LogP contribution >= 0.6 is 0 Å². The van der Waals surface area contributed by atoms with Gasteiger partial charge in [-0.1, -0.05) is 6.07 Å². The van der Waals surface area contributed by atoms with Crippen LogP contribution in [0.4, 0.5) is 0 Å². The Hall–Kier alpha value is -2.06. The predicted octanol–water partition coefficient (Wildman–Crippen LogP) is 0.913. The summed E-state index contributed by atoms with van der Waals surface area (Å²) >= 11 is 0. The van der Waals surface area contributed by atoms with Gasteiger partial charge in [0.05, 0.1) is 24.8 Å². The third-order valence-electron chi connectivity index (χ3n) is 2.88. The maximum atomic E-state index is 11.0. The van der Waals surface area contributed by atoms with E-state index in [1.54, 1.807) is 18.2 Å². The molecule has 3 rings (SSSR count). The molecule has 1 aliphatic rings. The Morgan fingerprint density at radius 1 is 1.44 bits per heavy atom. The minimum absolute atomic E-state index is 0.400. The quantitative estimate of drug-likeness (QED) is 0.768. The first-order valence-electron chi connectivity index (χ1n) is 4.86. The lowest BCUT2D eigenvalue weighted by Gasteiger charge is -2.35. The number of benzene rings is 1. The number of nitrogens with zero attached hydrogens (tertiary/aromatic N) is 1. The van der Waals surface area contributed by atoms with E-state index in [-0.39, 0.29) is 0 Å². The molecule has 1 saturated heterocycles. The molecule has 0 bridgehead atoms. The second-order valence-corrected chi connectivity index (χ2v) is 3.91. The fourth-order valence-corrected chi connectivity index (χ4v) is 1.85. The Bertz CT molecular complexity index is 643. The summed E-state index contributed by atoms with van der Waals surface area (Å²) in [6.07, 6.45) is 0. The van der Waals surface area contributed by atoms with Gasteiger partial charge in [0.2, 0.25) is 0 Å². The van der Waals surface area contributed by atoms with Crippen molar-refractivity contribution in [3.8, 4) is 6.07 Å². The summed E-state index contributed by atoms with van der Waals surface area (Å²) in [5.41, 5.74) is 1.40. The molecule has 1 aliphatic heterocycles. The summed E-state index contributed by atoms with van der Waals surface area (Å²) in [5, 5.41) is 9.14. The maximum absolute atomic E-state index is 11.0. The summed E-state index contributed by atoms with van der Waals surface area (Å²) < 4.78 is 9.98. The van der Waals surface area contributed by atoms with Crippen LogP contribution in [0.15, 0.2) is 27.4 Å². The number of fused-ring (bicyclic) bond motifs is 1. The smallest absolute Gasteiger partial charge is 0.408 e. The van der Waals surface area contributed by atoms with Gasteiger partial charge in [-0.15, -0.1) is 0 Å². The van der Waals surface area contributed by atoms with Gasteiger partial charge in [-0.05, 0) is 17.7 Å². The van der Waals surface area contributed by atoms with Crippen molar-refractivity contribution in [2.24, 2.45) is 0 Å². The molecule has 0 saturated carbocycles. The summed E-state index contributed by atoms with van der Waals surface area (Å²) in [7, 11) is 0. The SMILES string of the molecule is N#CC1(c2ccc3oc(=O)[nH]c3c2)COC1. The van der Waals surface area contributed by atoms with Crippen LogP contribution in [-0.4, -0.2) is 18.2 Å². The van der Waals surface area contributed by atoms with E-state index in [0.29, 0.717) is 24.3 Å². The van der Waals surface area contributed by atoms with Crippen molar-refractivity contribution >= 4 is 11.1 Å². The maximum Gasteiger partial charge on any atom is 0.417 e. The van der Waals surface area contributed by atoms with E-state index in [1.165, 1.54) is 0 Å². The van der Waals surface area contributed by atoms with E-state index in [4.69, 9.17) is 14.4 Å². The predicted molar refractivity (Wildman–Crippen MR) is 54.9 cm³/mol. The number of aromatic nitrogens is 1. The Morgan fingerprint density at radius 2 is 2.25 bits per heavy atom. The summed E-state index contributed by atoms with van der Waals surface area (Å²) in [6.45, 7) is 0.800. The molecule has 1 N–H and O–H groups in total. The van der Waals surface area contributed by atoms with Gasteiger partial charge in [-0.2, -0.15) is 5.26 Å². The molecule has 0 aliphatic carbocycles. The zero-order valence-corrected chi connectivity index (χ0v) is 8.32. The van der Waals surface area contributed by atoms with Crippen LogP contribution in [0.3, 0.4) is 0 Å². The lowest BCUT2D eigenvalue weighted by atomic mass is 9.80. The Balaban J connectivity index is 2.18. The van der Waals surface area contributed by atoms with Crippen LogP contribution in [0.1, 0.15) is 5.56 Å². The average Bonchev–Trinajstić information content (AvgIpc) is 2.56. The fraction of sp³-hybridized carbons (Fsp3) is 0.273. The van der Waals surface area contributed by atoms with E-state index >= 15 is 0 Å². The van der Waals surface area contributed by atoms with Crippen molar-refractivity contribution in [2.75, 3.05) is 13.2 Å². The van der Waals surface area contributed by atoms with Gasteiger partial charge in [0, 0.05) is 0 Å². The highest BCUT2D eigenvalue weighted by Crippen LogP contribution is 2.32. The first-order chi connectivity index (χ1) is 7.73. The number of ether oxygens (including phenoxy) is 1. The molecule has 1 aromatic carbocycles. The van der Waals surface area contributed by atoms with Gasteiger partial charge in [-0.25, -0.2) is 4.79 Å². The van der Waals surface area contributed by atoms with Crippen LogP contribution in [0.5, 0.6) is 0 Å². The summed E-state index contributed by atoms with van der Waals surface area (Å²) in [5.74, 6) is -0.483. The molecule has 0 radical (unpaired) electrons. The van der Waals surface area contributed by atoms with E-state index in [1.807, 2.05) is 0 Å². The van der Waals surface area contributed by atoms with Gasteiger partial charge >= 0.3 is 5.76 Å². The van der Waals surface area contributed by atoms with E-state index in [2.05, 4.69) is 11.1 Å². The van der Waals surface area contributed by atoms with Gasteiger partial charge in [-0.3, -0.25) is 4.98 Å². The van der Waals surface area contributed by atoms with Crippen molar-refractivity contribution < 1.29 is 9.15 Å². The zero-order chi connectivity index (χ0) is 11.2. The monoisotopic (exact) mass is 216 g/mol. The molecule has 5 heteroatoms. The molecular formula is C11H8N2O3. The van der Waals surface area contributed by atoms with Crippen LogP contribution in [0, 0.1) is 11.3 Å². The molecule has 0 unspecified atom stereocenters. The van der Waals surface area contributed by atoms with Gasteiger partial charge in [0.25, 0.3) is 0 Å². The average molecular weight is 216 g/mol.